The highest BCUT2D eigenvalue weighted by atomic mass is 19.1. The number of benzene rings is 5. The molecule has 9 aromatic rings. The van der Waals surface area contributed by atoms with Crippen LogP contribution in [0.2, 0.25) is 0 Å². The van der Waals surface area contributed by atoms with Gasteiger partial charge in [0.2, 0.25) is 0 Å². The van der Waals surface area contributed by atoms with Gasteiger partial charge in [0.1, 0.15) is 17.0 Å². The summed E-state index contributed by atoms with van der Waals surface area (Å²) in [5, 5.41) is 1.00. The minimum Gasteiger partial charge on any atom is -0.455 e. The van der Waals surface area contributed by atoms with Crippen LogP contribution in [0.5, 0.6) is 0 Å². The van der Waals surface area contributed by atoms with Crippen LogP contribution in [0.25, 0.3) is 55.7 Å². The fourth-order valence-electron chi connectivity index (χ4n) is 7.68. The van der Waals surface area contributed by atoms with E-state index in [4.69, 9.17) is 7.16 Å². The molecule has 0 amide bonds. The molecule has 0 saturated heterocycles. The smallest absolute Gasteiger partial charge is 0.144 e. The van der Waals surface area contributed by atoms with Gasteiger partial charge in [0, 0.05) is 69.9 Å². The highest BCUT2D eigenvalue weighted by molar-refractivity contribution is 6.09. The van der Waals surface area contributed by atoms with Gasteiger partial charge >= 0.3 is 0 Å². The molecule has 5 heteroatoms. The van der Waals surface area contributed by atoms with E-state index in [0.29, 0.717) is 40.6 Å². The fourth-order valence-corrected chi connectivity index (χ4v) is 7.68. The monoisotopic (exact) mass is 811 g/mol. The van der Waals surface area contributed by atoms with Crippen LogP contribution in [0.1, 0.15) is 89.7 Å². The van der Waals surface area contributed by atoms with Gasteiger partial charge in [-0.3, -0.25) is 15.0 Å². The molecule has 5 aromatic carbocycles. The Balaban J connectivity index is 1.04. The zero-order valence-electron chi connectivity index (χ0n) is 47.0. The summed E-state index contributed by atoms with van der Waals surface area (Å²) in [6.07, 6.45) is -12.3. The highest BCUT2D eigenvalue weighted by Gasteiger charge is 2.23. The van der Waals surface area contributed by atoms with Crippen molar-refractivity contribution in [3.63, 3.8) is 0 Å². The van der Waals surface area contributed by atoms with Crippen LogP contribution in [0.15, 0.2) is 169 Å². The molecule has 0 aliphatic heterocycles. The zero-order chi connectivity index (χ0) is 53.5. The molecule has 0 N–H and O–H groups in total. The molecule has 4 aromatic heterocycles. The maximum absolute atomic E-state index is 15.8. The molecule has 10 rings (SSSR count). The zero-order valence-corrected chi connectivity index (χ0v) is 33.0. The van der Waals surface area contributed by atoms with Crippen molar-refractivity contribution in [2.45, 2.75) is 69.8 Å². The molecule has 4 nitrogen and oxygen atoms in total. The van der Waals surface area contributed by atoms with E-state index in [1.807, 2.05) is 60.7 Å². The predicted molar refractivity (Wildman–Crippen MR) is 246 cm³/mol. The van der Waals surface area contributed by atoms with Crippen LogP contribution in [0.3, 0.4) is 0 Å². The van der Waals surface area contributed by atoms with Crippen molar-refractivity contribution < 1.29 is 28.0 Å². The van der Waals surface area contributed by atoms with Crippen LogP contribution in [-0.2, 0) is 38.2 Å². The Morgan fingerprint density at radius 2 is 1.03 bits per heavy atom. The first-order chi connectivity index (χ1) is 35.4. The molecule has 1 saturated carbocycles. The molecule has 0 unspecified atom stereocenters. The third-order valence-electron chi connectivity index (χ3n) is 10.8. The third kappa shape index (κ3) is 8.65. The van der Waals surface area contributed by atoms with Gasteiger partial charge < -0.3 is 4.42 Å². The molecule has 0 radical (unpaired) electrons. The SMILES string of the molecule is [2H]c1c(F)c(C2([2H])CCCC2)cc2c1oc1c(-c3ccc(C([2H])([2H])C([2H])([2H])c4cc(C([2H])([2H])C([2H])([2H])c5ccc(-c6ccccc6)nc5)cc(C([2H])([2H])C([2H])([2H])c5ccc(-c6ccccc6)nc5)c4)cn3)cccc12. The minimum absolute atomic E-state index is 0.00628. The normalized spacial score (nSPS) is 18.4. The number of aromatic nitrogens is 3. The van der Waals surface area contributed by atoms with E-state index in [-0.39, 0.29) is 39.1 Å². The number of hydrogen-bond acceptors (Lipinski definition) is 4. The van der Waals surface area contributed by atoms with Crippen molar-refractivity contribution in [3.05, 3.63) is 209 Å². The maximum atomic E-state index is 15.8. The summed E-state index contributed by atoms with van der Waals surface area (Å²) >= 11 is 0. The molecule has 0 spiro atoms. The summed E-state index contributed by atoms with van der Waals surface area (Å²) in [4.78, 5) is 13.3. The second kappa shape index (κ2) is 17.5. The largest absolute Gasteiger partial charge is 0.455 e. The molecule has 1 aliphatic rings. The molecule has 4 heterocycles. The molecule has 0 atom stereocenters. The Hall–Kier alpha value is -6.72. The topological polar surface area (TPSA) is 51.8 Å². The number of rotatable bonds is 13. The van der Waals surface area contributed by atoms with Crippen molar-refractivity contribution in [3.8, 4) is 33.8 Å². The van der Waals surface area contributed by atoms with Crippen molar-refractivity contribution in [2.24, 2.45) is 0 Å². The van der Waals surface area contributed by atoms with E-state index < -0.39 is 72.7 Å². The first-order valence-corrected chi connectivity index (χ1v) is 20.2. The van der Waals surface area contributed by atoms with Gasteiger partial charge in [0.25, 0.3) is 0 Å². The van der Waals surface area contributed by atoms with Crippen molar-refractivity contribution >= 4 is 21.9 Å². The number of hydrogen-bond donors (Lipinski definition) is 0. The van der Waals surface area contributed by atoms with Gasteiger partial charge in [-0.05, 0) is 126 Å². The van der Waals surface area contributed by atoms with E-state index in [2.05, 4.69) is 15.0 Å². The summed E-state index contributed by atoms with van der Waals surface area (Å²) in [6, 6.07) is 35.8. The summed E-state index contributed by atoms with van der Waals surface area (Å²) < 4.78 is 152. The van der Waals surface area contributed by atoms with E-state index in [0.717, 1.165) is 48.4 Å². The molecular formula is C56H48FN3O. The quantitative estimate of drug-likeness (QED) is 0.116. The van der Waals surface area contributed by atoms with Gasteiger partial charge in [-0.1, -0.05) is 122 Å². The van der Waals surface area contributed by atoms with Crippen molar-refractivity contribution in [2.75, 3.05) is 0 Å². The lowest BCUT2D eigenvalue weighted by molar-refractivity contribution is 0.577. The Morgan fingerprint density at radius 1 is 0.541 bits per heavy atom. The second-order valence-corrected chi connectivity index (χ2v) is 14.9. The number of nitrogens with zero attached hydrogens (tertiary/aromatic N) is 3. The lowest BCUT2D eigenvalue weighted by atomic mass is 9.94. The van der Waals surface area contributed by atoms with Gasteiger partial charge in [-0.15, -0.1) is 0 Å². The summed E-state index contributed by atoms with van der Waals surface area (Å²) in [5.74, 6) is -1.97. The van der Waals surface area contributed by atoms with Gasteiger partial charge in [0.15, 0.2) is 0 Å². The summed E-state index contributed by atoms with van der Waals surface area (Å²) in [7, 11) is 0. The van der Waals surface area contributed by atoms with E-state index in [9.17, 15) is 16.4 Å². The predicted octanol–water partition coefficient (Wildman–Crippen LogP) is 13.9. The van der Waals surface area contributed by atoms with Crippen molar-refractivity contribution in [1.82, 2.24) is 15.0 Å². The molecule has 300 valence electrons. The molecule has 0 bridgehead atoms. The van der Waals surface area contributed by atoms with Crippen molar-refractivity contribution in [1.29, 1.82) is 0 Å². The summed E-state index contributed by atoms with van der Waals surface area (Å²) in [5.41, 5.74) is 0.998. The number of furan rings is 1. The van der Waals surface area contributed by atoms with Gasteiger partial charge in [-0.25, -0.2) is 4.39 Å². The second-order valence-electron chi connectivity index (χ2n) is 14.9. The lowest BCUT2D eigenvalue weighted by Gasteiger charge is -2.12. The van der Waals surface area contributed by atoms with Gasteiger partial charge in [-0.2, -0.15) is 0 Å². The molecular weight excluding hydrogens is 750 g/mol. The Morgan fingerprint density at radius 3 is 1.52 bits per heavy atom. The Bertz CT molecular complexity index is 3460. The molecule has 1 fully saturated rings. The van der Waals surface area contributed by atoms with Gasteiger partial charge in [0.05, 0.1) is 18.5 Å². The highest BCUT2D eigenvalue weighted by Crippen LogP contribution is 2.41. The average Bonchev–Trinajstić information content (AvgIpc) is 4.04. The lowest BCUT2D eigenvalue weighted by Crippen LogP contribution is -2.00. The molecule has 61 heavy (non-hydrogen) atoms. The average molecular weight is 812 g/mol. The number of para-hydroxylation sites is 1. The van der Waals surface area contributed by atoms with E-state index in [1.54, 1.807) is 24.3 Å². The maximum Gasteiger partial charge on any atom is 0.144 e. The van der Waals surface area contributed by atoms with Crippen LogP contribution < -0.4 is 0 Å². The number of fused-ring (bicyclic) bond motifs is 3. The number of halogens is 1. The van der Waals surface area contributed by atoms with E-state index in [1.165, 1.54) is 48.8 Å². The number of pyridine rings is 3. The fraction of sp³-hybridized carbons (Fsp3) is 0.196. The first-order valence-electron chi connectivity index (χ1n) is 27.2. The summed E-state index contributed by atoms with van der Waals surface area (Å²) in [6.45, 7) is 0. The third-order valence-corrected chi connectivity index (χ3v) is 10.8. The minimum atomic E-state index is -3.16. The van der Waals surface area contributed by atoms with E-state index >= 15 is 4.39 Å². The Labute approximate surface area is 376 Å². The van der Waals surface area contributed by atoms with Crippen LogP contribution >= 0.6 is 0 Å². The van der Waals surface area contributed by atoms with Crippen LogP contribution in [0.4, 0.5) is 4.39 Å². The Kier molecular flexibility index (Phi) is 7.39. The number of aryl methyl sites for hydroxylation is 6. The first kappa shape index (κ1) is 25.8. The van der Waals surface area contributed by atoms with Crippen LogP contribution in [0, 0.1) is 5.82 Å². The standard InChI is InChI=1S/C56H48FN3O/c57-51-34-55-50(33-49(51)44-10-7-8-11-44)47-16-9-17-48(56(47)61-55)54-29-26-40(37-60-54)20-23-43-31-41(21-18-38-24-27-52(58-35-38)45-12-3-1-4-13-45)30-42(32-43)22-19-39-25-28-53(59-36-39)46-14-5-2-6-15-46/h1-6,9,12-17,24-37,44H,7-8,10-11,18-23H2/i18D2,19D2,20D2,21D2,22D2,23D2,34D,44D. The van der Waals surface area contributed by atoms with Crippen LogP contribution in [-0.4, -0.2) is 15.0 Å². The molecule has 1 aliphatic carbocycles.